The molecule has 0 saturated carbocycles. The summed E-state index contributed by atoms with van der Waals surface area (Å²) in [7, 11) is 1.17. The second kappa shape index (κ2) is 5.35. The zero-order chi connectivity index (χ0) is 17.7. The topological polar surface area (TPSA) is 106 Å². The second-order valence-electron chi connectivity index (χ2n) is 5.50. The molecule has 0 amide bonds. The minimum Gasteiger partial charge on any atom is -0.507 e. The highest BCUT2D eigenvalue weighted by molar-refractivity contribution is 5.97. The Hall–Kier alpha value is -3.32. The molecule has 7 heteroatoms. The number of benzene rings is 2. The lowest BCUT2D eigenvalue weighted by Crippen LogP contribution is -2.21. The number of hydrogen-bond donors (Lipinski definition) is 2. The number of carbonyl (C=O) groups excluding carboxylic acids is 1. The van der Waals surface area contributed by atoms with Crippen molar-refractivity contribution in [2.45, 2.75) is 6.10 Å². The normalized spacial score (nSPS) is 15.2. The van der Waals surface area contributed by atoms with Crippen molar-refractivity contribution >= 4 is 16.9 Å². The Balaban J connectivity index is 2.06. The van der Waals surface area contributed by atoms with Crippen LogP contribution in [0, 0.1) is 0 Å². The molecule has 0 bridgehead atoms. The summed E-state index contributed by atoms with van der Waals surface area (Å²) < 4.78 is 15.7. The van der Waals surface area contributed by atoms with Gasteiger partial charge in [0.05, 0.1) is 12.5 Å². The molecule has 1 unspecified atom stereocenters. The van der Waals surface area contributed by atoms with Crippen LogP contribution in [0.4, 0.5) is 0 Å². The van der Waals surface area contributed by atoms with Crippen LogP contribution in [0.25, 0.3) is 11.0 Å². The Bertz CT molecular complexity index is 1080. The quantitative estimate of drug-likeness (QED) is 0.518. The molecule has 25 heavy (non-hydrogen) atoms. The molecule has 0 fully saturated rings. The van der Waals surface area contributed by atoms with Gasteiger partial charge in [-0.05, 0) is 24.3 Å². The highest BCUT2D eigenvalue weighted by atomic mass is 16.5. The van der Waals surface area contributed by atoms with Crippen LogP contribution in [0.1, 0.15) is 27.6 Å². The molecule has 1 atom stereocenters. The fraction of sp³-hybridized carbons (Fsp3) is 0.111. The molecule has 1 aliphatic heterocycles. The molecule has 0 spiro atoms. The predicted octanol–water partition coefficient (Wildman–Crippen LogP) is 2.47. The Morgan fingerprint density at radius 3 is 2.68 bits per heavy atom. The number of aliphatic hydroxyl groups excluding tert-OH is 1. The van der Waals surface area contributed by atoms with Gasteiger partial charge >= 0.3 is 11.6 Å². The lowest BCUT2D eigenvalue weighted by atomic mass is 9.94. The van der Waals surface area contributed by atoms with Crippen LogP contribution >= 0.6 is 0 Å². The van der Waals surface area contributed by atoms with Gasteiger partial charge in [-0.1, -0.05) is 12.1 Å². The molecule has 2 N–H and O–H groups in total. The standard InChI is InChI=1S/C18H12O7/c1-23-17(21)12-10(19)7-6-9-14(20)13-15(25-16(9)12)8-4-2-3-5-11(8)24-18(13)22/h2-7,14,19-20H,1H3. The van der Waals surface area contributed by atoms with Crippen LogP contribution < -0.4 is 10.4 Å². The number of fused-ring (bicyclic) bond motifs is 4. The Morgan fingerprint density at radius 1 is 1.16 bits per heavy atom. The Morgan fingerprint density at radius 2 is 1.92 bits per heavy atom. The molecule has 4 rings (SSSR count). The maximum absolute atomic E-state index is 12.3. The van der Waals surface area contributed by atoms with E-state index in [9.17, 15) is 19.8 Å². The van der Waals surface area contributed by atoms with Crippen molar-refractivity contribution in [3.05, 3.63) is 63.5 Å². The van der Waals surface area contributed by atoms with Crippen molar-refractivity contribution in [2.75, 3.05) is 7.11 Å². The second-order valence-corrected chi connectivity index (χ2v) is 5.50. The minimum absolute atomic E-state index is 0.0531. The molecule has 0 saturated heterocycles. The van der Waals surface area contributed by atoms with Gasteiger partial charge in [-0.3, -0.25) is 0 Å². The SMILES string of the molecule is COC(=O)c1c(O)ccc2c1Oc1c(c(=O)oc3ccccc13)C2O. The van der Waals surface area contributed by atoms with Crippen LogP contribution in [0.2, 0.25) is 0 Å². The third-order valence-electron chi connectivity index (χ3n) is 4.13. The summed E-state index contributed by atoms with van der Waals surface area (Å²) in [6, 6.07) is 9.26. The van der Waals surface area contributed by atoms with E-state index in [4.69, 9.17) is 9.15 Å². The summed E-state index contributed by atoms with van der Waals surface area (Å²) in [5, 5.41) is 21.1. The van der Waals surface area contributed by atoms with Crippen LogP contribution in [0.3, 0.4) is 0 Å². The number of hydrogen-bond acceptors (Lipinski definition) is 7. The van der Waals surface area contributed by atoms with Crippen molar-refractivity contribution in [1.82, 2.24) is 0 Å². The summed E-state index contributed by atoms with van der Waals surface area (Å²) in [6.45, 7) is 0. The van der Waals surface area contributed by atoms with Gasteiger partial charge in [0.15, 0.2) is 11.5 Å². The van der Waals surface area contributed by atoms with Gasteiger partial charge < -0.3 is 24.1 Å². The first-order valence-corrected chi connectivity index (χ1v) is 7.38. The summed E-state index contributed by atoms with van der Waals surface area (Å²) >= 11 is 0. The molecule has 1 aliphatic rings. The molecule has 0 radical (unpaired) electrons. The van der Waals surface area contributed by atoms with Gasteiger partial charge in [-0.25, -0.2) is 9.59 Å². The van der Waals surface area contributed by atoms with E-state index >= 15 is 0 Å². The summed E-state index contributed by atoms with van der Waals surface area (Å²) in [6.07, 6.45) is -1.37. The Kier molecular flexibility index (Phi) is 3.26. The molecule has 7 nitrogen and oxygen atoms in total. The van der Waals surface area contributed by atoms with Crippen LogP contribution in [-0.4, -0.2) is 23.3 Å². The van der Waals surface area contributed by atoms with Crippen molar-refractivity contribution in [3.63, 3.8) is 0 Å². The van der Waals surface area contributed by atoms with E-state index in [0.29, 0.717) is 5.39 Å². The summed E-state index contributed by atoms with van der Waals surface area (Å²) in [5.74, 6) is -1.14. The van der Waals surface area contributed by atoms with E-state index in [1.54, 1.807) is 24.3 Å². The van der Waals surface area contributed by atoms with E-state index < -0.39 is 17.7 Å². The number of aliphatic hydroxyl groups is 1. The fourth-order valence-corrected chi connectivity index (χ4v) is 2.95. The molecule has 1 aromatic heterocycles. The van der Waals surface area contributed by atoms with Crippen molar-refractivity contribution in [1.29, 1.82) is 0 Å². The number of rotatable bonds is 1. The number of phenols is 1. The van der Waals surface area contributed by atoms with Gasteiger partial charge in [0, 0.05) is 5.56 Å². The third-order valence-corrected chi connectivity index (χ3v) is 4.13. The van der Waals surface area contributed by atoms with Gasteiger partial charge in [-0.15, -0.1) is 0 Å². The van der Waals surface area contributed by atoms with Gasteiger partial charge in [-0.2, -0.15) is 0 Å². The first kappa shape index (κ1) is 15.2. The number of carbonyl (C=O) groups is 1. The first-order chi connectivity index (χ1) is 12.0. The number of phenolic OH excluding ortho intramolecular Hbond substituents is 1. The van der Waals surface area contributed by atoms with Crippen molar-refractivity contribution < 1.29 is 28.9 Å². The van der Waals surface area contributed by atoms with Crippen LogP contribution in [-0.2, 0) is 4.74 Å². The number of esters is 1. The fourth-order valence-electron chi connectivity index (χ4n) is 2.95. The average molecular weight is 340 g/mol. The zero-order valence-electron chi connectivity index (χ0n) is 13.0. The van der Waals surface area contributed by atoms with Crippen molar-refractivity contribution in [3.8, 4) is 17.2 Å². The summed E-state index contributed by atoms with van der Waals surface area (Å²) in [4.78, 5) is 24.3. The maximum Gasteiger partial charge on any atom is 0.346 e. The smallest absolute Gasteiger partial charge is 0.346 e. The lowest BCUT2D eigenvalue weighted by Gasteiger charge is -2.26. The monoisotopic (exact) mass is 340 g/mol. The highest BCUT2D eigenvalue weighted by Gasteiger charge is 2.35. The van der Waals surface area contributed by atoms with Gasteiger partial charge in [0.1, 0.15) is 28.6 Å². The molecular weight excluding hydrogens is 328 g/mol. The Labute approximate surface area is 140 Å². The number of aromatic hydroxyl groups is 1. The largest absolute Gasteiger partial charge is 0.507 e. The van der Waals surface area contributed by atoms with Crippen molar-refractivity contribution in [2.24, 2.45) is 0 Å². The molecule has 2 heterocycles. The summed E-state index contributed by atoms with van der Waals surface area (Å²) in [5.41, 5.74) is -0.579. The highest BCUT2D eigenvalue weighted by Crippen LogP contribution is 2.48. The number of para-hydroxylation sites is 1. The van der Waals surface area contributed by atoms with Gasteiger partial charge in [0.25, 0.3) is 0 Å². The number of methoxy groups -OCH3 is 1. The zero-order valence-corrected chi connectivity index (χ0v) is 13.0. The van der Waals surface area contributed by atoms with E-state index in [1.165, 1.54) is 19.2 Å². The number of ether oxygens (including phenoxy) is 2. The average Bonchev–Trinajstić information content (AvgIpc) is 2.61. The predicted molar refractivity (Wildman–Crippen MR) is 86.1 cm³/mol. The van der Waals surface area contributed by atoms with E-state index in [-0.39, 0.29) is 39.5 Å². The minimum atomic E-state index is -1.37. The van der Waals surface area contributed by atoms with E-state index in [2.05, 4.69) is 4.74 Å². The lowest BCUT2D eigenvalue weighted by molar-refractivity contribution is 0.0593. The van der Waals surface area contributed by atoms with E-state index in [1.807, 2.05) is 0 Å². The van der Waals surface area contributed by atoms with Crippen LogP contribution in [0.15, 0.2) is 45.6 Å². The molecular formula is C18H12O7. The molecule has 3 aromatic rings. The third kappa shape index (κ3) is 2.10. The van der Waals surface area contributed by atoms with E-state index in [0.717, 1.165) is 0 Å². The van der Waals surface area contributed by atoms with Gasteiger partial charge in [0.2, 0.25) is 0 Å². The first-order valence-electron chi connectivity index (χ1n) is 7.38. The van der Waals surface area contributed by atoms with Crippen LogP contribution in [0.5, 0.6) is 17.2 Å². The maximum atomic E-state index is 12.3. The molecule has 0 aliphatic carbocycles. The molecule has 2 aromatic carbocycles. The molecule has 126 valence electrons.